The molecule has 0 radical (unpaired) electrons. The largest absolute Gasteiger partial charge is 0.487 e. The second-order valence-electron chi connectivity index (χ2n) is 8.12. The number of amides is 1. The number of hydrogen-bond donors (Lipinski definition) is 1. The van der Waals surface area contributed by atoms with E-state index in [0.717, 1.165) is 28.4 Å². The highest BCUT2D eigenvalue weighted by atomic mass is 32.2. The fourth-order valence-electron chi connectivity index (χ4n) is 4.01. The SMILES string of the molecule is Cc1cccc(-n2c(C)cc(C=C3C(=N)N4N=C(COc5ccccc5)SC4=NC3=O)c2C)c1. The van der Waals surface area contributed by atoms with Crippen LogP contribution in [0.5, 0.6) is 5.75 Å². The number of aliphatic imine (C=N–C) groups is 1. The third kappa shape index (κ3) is 4.08. The maximum Gasteiger partial charge on any atom is 0.283 e. The van der Waals surface area contributed by atoms with Crippen molar-refractivity contribution in [2.75, 3.05) is 6.61 Å². The van der Waals surface area contributed by atoms with Crippen LogP contribution in [0.1, 0.15) is 22.5 Å². The summed E-state index contributed by atoms with van der Waals surface area (Å²) in [6.07, 6.45) is 1.73. The van der Waals surface area contributed by atoms with Gasteiger partial charge in [0, 0.05) is 17.1 Å². The number of thioether (sulfide) groups is 1. The summed E-state index contributed by atoms with van der Waals surface area (Å²) >= 11 is 1.25. The molecular weight excluding hydrogens is 446 g/mol. The van der Waals surface area contributed by atoms with Gasteiger partial charge in [0.2, 0.25) is 5.17 Å². The number of nitrogens with zero attached hydrogens (tertiary/aromatic N) is 4. The molecule has 3 heterocycles. The van der Waals surface area contributed by atoms with Crippen LogP contribution in [0.15, 0.2) is 76.3 Å². The van der Waals surface area contributed by atoms with Crippen LogP contribution in [0, 0.1) is 26.2 Å². The molecule has 34 heavy (non-hydrogen) atoms. The van der Waals surface area contributed by atoms with Gasteiger partial charge in [0.1, 0.15) is 17.4 Å². The number of rotatable bonds is 5. The van der Waals surface area contributed by atoms with Gasteiger partial charge in [-0.3, -0.25) is 10.2 Å². The molecule has 0 saturated heterocycles. The molecule has 2 aromatic carbocycles. The van der Waals surface area contributed by atoms with Crippen molar-refractivity contribution >= 4 is 39.8 Å². The molecule has 2 aliphatic rings. The lowest BCUT2D eigenvalue weighted by Crippen LogP contribution is -2.35. The quantitative estimate of drug-likeness (QED) is 0.527. The van der Waals surface area contributed by atoms with Crippen molar-refractivity contribution in [2.24, 2.45) is 10.1 Å². The van der Waals surface area contributed by atoms with Crippen molar-refractivity contribution in [1.29, 1.82) is 5.41 Å². The van der Waals surface area contributed by atoms with Gasteiger partial charge in [0.05, 0.1) is 5.57 Å². The fraction of sp³-hybridized carbons (Fsp3) is 0.154. The molecule has 7 nitrogen and oxygen atoms in total. The highest BCUT2D eigenvalue weighted by Crippen LogP contribution is 2.30. The number of hydrogen-bond acceptors (Lipinski definition) is 5. The molecule has 1 amide bonds. The Morgan fingerprint density at radius 1 is 1.06 bits per heavy atom. The van der Waals surface area contributed by atoms with Crippen molar-refractivity contribution in [3.05, 3.63) is 88.8 Å². The van der Waals surface area contributed by atoms with Gasteiger partial charge in [-0.25, -0.2) is 0 Å². The van der Waals surface area contributed by atoms with Crippen molar-refractivity contribution in [1.82, 2.24) is 9.58 Å². The summed E-state index contributed by atoms with van der Waals surface area (Å²) in [7, 11) is 0. The van der Waals surface area contributed by atoms with Crippen molar-refractivity contribution < 1.29 is 9.53 Å². The molecule has 170 valence electrons. The van der Waals surface area contributed by atoms with Gasteiger partial charge in [-0.1, -0.05) is 30.3 Å². The predicted molar refractivity (Wildman–Crippen MR) is 137 cm³/mol. The first-order valence-electron chi connectivity index (χ1n) is 10.8. The zero-order valence-electron chi connectivity index (χ0n) is 19.1. The topological polar surface area (TPSA) is 83.0 Å². The summed E-state index contributed by atoms with van der Waals surface area (Å²) in [6.45, 7) is 6.34. The lowest BCUT2D eigenvalue weighted by atomic mass is 10.1. The second-order valence-corrected chi connectivity index (χ2v) is 9.16. The van der Waals surface area contributed by atoms with Gasteiger partial charge < -0.3 is 9.30 Å². The van der Waals surface area contributed by atoms with Crippen molar-refractivity contribution in [3.8, 4) is 11.4 Å². The summed E-state index contributed by atoms with van der Waals surface area (Å²) in [4.78, 5) is 17.0. The molecule has 0 aliphatic carbocycles. The Labute approximate surface area is 202 Å². The van der Waals surface area contributed by atoms with Crippen LogP contribution in [-0.4, -0.2) is 38.1 Å². The molecule has 0 atom stereocenters. The minimum absolute atomic E-state index is 0.0116. The van der Waals surface area contributed by atoms with E-state index in [2.05, 4.69) is 39.8 Å². The molecule has 2 aliphatic heterocycles. The van der Waals surface area contributed by atoms with Crippen LogP contribution in [0.25, 0.3) is 11.8 Å². The molecule has 0 unspecified atom stereocenters. The third-order valence-corrected chi connectivity index (χ3v) is 6.51. The smallest absolute Gasteiger partial charge is 0.283 e. The Hall–Kier alpha value is -3.91. The van der Waals surface area contributed by atoms with E-state index >= 15 is 0 Å². The number of carbonyl (C=O) groups excluding carboxylic acids is 1. The molecule has 0 spiro atoms. The number of aryl methyl sites for hydroxylation is 2. The summed E-state index contributed by atoms with van der Waals surface area (Å²) in [5.41, 5.74) is 5.35. The lowest BCUT2D eigenvalue weighted by Gasteiger charge is -2.20. The highest BCUT2D eigenvalue weighted by molar-refractivity contribution is 8.27. The van der Waals surface area contributed by atoms with Crippen molar-refractivity contribution in [2.45, 2.75) is 20.8 Å². The standard InChI is InChI=1S/C26H23N5O2S/c1-16-8-7-9-20(12-16)30-17(2)13-19(18(30)3)14-22-24(27)31-26(28-25(22)32)34-23(29-31)15-33-21-10-5-4-6-11-21/h4-14,27H,15H2,1-3H3. The number of carbonyl (C=O) groups is 1. The Balaban J connectivity index is 1.41. The Bertz CT molecular complexity index is 1400. The number of fused-ring (bicyclic) bond motifs is 1. The van der Waals surface area contributed by atoms with Gasteiger partial charge in [0.15, 0.2) is 5.84 Å². The van der Waals surface area contributed by atoms with E-state index in [1.165, 1.54) is 22.3 Å². The first-order valence-corrected chi connectivity index (χ1v) is 11.7. The number of ether oxygens (including phenoxy) is 1. The first kappa shape index (κ1) is 21.9. The number of hydrazone groups is 1. The lowest BCUT2D eigenvalue weighted by molar-refractivity contribution is -0.114. The zero-order valence-corrected chi connectivity index (χ0v) is 19.9. The Morgan fingerprint density at radius 2 is 1.85 bits per heavy atom. The number of amidine groups is 2. The maximum atomic E-state index is 12.8. The van der Waals surface area contributed by atoms with Crippen LogP contribution in [0.2, 0.25) is 0 Å². The summed E-state index contributed by atoms with van der Waals surface area (Å²) in [5.74, 6) is 0.301. The average Bonchev–Trinajstić information content (AvgIpc) is 3.35. The van der Waals surface area contributed by atoms with Crippen LogP contribution < -0.4 is 4.74 Å². The Morgan fingerprint density at radius 3 is 2.62 bits per heavy atom. The van der Waals surface area contributed by atoms with Gasteiger partial charge in [-0.05, 0) is 80.1 Å². The second kappa shape index (κ2) is 8.79. The third-order valence-electron chi connectivity index (χ3n) is 5.63. The van der Waals surface area contributed by atoms with E-state index < -0.39 is 5.91 Å². The molecule has 5 rings (SSSR count). The van der Waals surface area contributed by atoms with Gasteiger partial charge >= 0.3 is 0 Å². The van der Waals surface area contributed by atoms with Crippen LogP contribution >= 0.6 is 11.8 Å². The summed E-state index contributed by atoms with van der Waals surface area (Å²) in [6, 6.07) is 19.7. The maximum absolute atomic E-state index is 12.8. The van der Waals surface area contributed by atoms with Crippen LogP contribution in [-0.2, 0) is 4.79 Å². The normalized spacial score (nSPS) is 16.6. The molecule has 0 saturated carbocycles. The molecular formula is C26H23N5O2S. The summed E-state index contributed by atoms with van der Waals surface area (Å²) in [5, 5.41) is 15.5. The molecule has 3 aromatic rings. The van der Waals surface area contributed by atoms with Gasteiger partial charge in [0.25, 0.3) is 5.91 Å². The monoisotopic (exact) mass is 469 g/mol. The van der Waals surface area contributed by atoms with Crippen LogP contribution in [0.3, 0.4) is 0 Å². The highest BCUT2D eigenvalue weighted by Gasteiger charge is 2.36. The molecule has 1 aromatic heterocycles. The molecule has 0 bridgehead atoms. The predicted octanol–water partition coefficient (Wildman–Crippen LogP) is 5.10. The fourth-order valence-corrected chi connectivity index (χ4v) is 4.80. The Kier molecular flexibility index (Phi) is 5.67. The molecule has 8 heteroatoms. The minimum Gasteiger partial charge on any atom is -0.487 e. The average molecular weight is 470 g/mol. The number of nitrogens with one attached hydrogen (secondary N) is 1. The first-order chi connectivity index (χ1) is 16.4. The van der Waals surface area contributed by atoms with Gasteiger partial charge in [-0.2, -0.15) is 15.1 Å². The van der Waals surface area contributed by atoms with E-state index in [-0.39, 0.29) is 18.0 Å². The number of benzene rings is 2. The van der Waals surface area contributed by atoms with E-state index in [9.17, 15) is 4.79 Å². The van der Waals surface area contributed by atoms with E-state index in [0.29, 0.717) is 10.2 Å². The number of aromatic nitrogens is 1. The summed E-state index contributed by atoms with van der Waals surface area (Å²) < 4.78 is 7.90. The minimum atomic E-state index is -0.440. The van der Waals surface area contributed by atoms with E-state index in [4.69, 9.17) is 10.1 Å². The van der Waals surface area contributed by atoms with Crippen molar-refractivity contribution in [3.63, 3.8) is 0 Å². The van der Waals surface area contributed by atoms with E-state index in [1.807, 2.05) is 56.3 Å². The van der Waals surface area contributed by atoms with Gasteiger partial charge in [-0.15, -0.1) is 0 Å². The zero-order chi connectivity index (χ0) is 23.8. The van der Waals surface area contributed by atoms with E-state index in [1.54, 1.807) is 6.08 Å². The number of para-hydroxylation sites is 1. The molecule has 1 N–H and O–H groups in total. The van der Waals surface area contributed by atoms with Crippen LogP contribution in [0.4, 0.5) is 0 Å². The molecule has 0 fully saturated rings.